The number of carbonyl (C=O) groups is 1. The summed E-state index contributed by atoms with van der Waals surface area (Å²) < 4.78 is 39.3. The summed E-state index contributed by atoms with van der Waals surface area (Å²) in [6.45, 7) is 6.93. The predicted molar refractivity (Wildman–Crippen MR) is 123 cm³/mol. The van der Waals surface area contributed by atoms with E-state index in [0.29, 0.717) is 18.2 Å². The Morgan fingerprint density at radius 1 is 1.03 bits per heavy atom. The third-order valence-corrected chi connectivity index (χ3v) is 7.90. The number of hydrogen-bond donors (Lipinski definition) is 0. The summed E-state index contributed by atoms with van der Waals surface area (Å²) in [6.07, 6.45) is -0.173. The molecule has 31 heavy (non-hydrogen) atoms. The van der Waals surface area contributed by atoms with E-state index in [2.05, 4.69) is 23.7 Å². The highest BCUT2D eigenvalue weighted by atomic mass is 32.2. The van der Waals surface area contributed by atoms with E-state index in [9.17, 15) is 17.6 Å². The van der Waals surface area contributed by atoms with Crippen molar-refractivity contribution in [2.24, 2.45) is 0 Å². The van der Waals surface area contributed by atoms with Crippen LogP contribution in [0.15, 0.2) is 53.4 Å². The summed E-state index contributed by atoms with van der Waals surface area (Å²) in [7, 11) is -3.69. The monoisotopic (exact) mass is 463 g/mol. The highest BCUT2D eigenvalue weighted by Crippen LogP contribution is 2.29. The molecule has 166 valence electrons. The van der Waals surface area contributed by atoms with Crippen LogP contribution in [0.25, 0.3) is 10.2 Å². The quantitative estimate of drug-likeness (QED) is 0.426. The van der Waals surface area contributed by atoms with Gasteiger partial charge in [-0.1, -0.05) is 37.3 Å². The highest BCUT2D eigenvalue weighted by molar-refractivity contribution is 7.91. The zero-order valence-corrected chi connectivity index (χ0v) is 19.3. The number of amides is 1. The molecule has 0 N–H and O–H groups in total. The minimum atomic E-state index is -3.69. The summed E-state index contributed by atoms with van der Waals surface area (Å²) in [5.74, 6) is -1.14. The van der Waals surface area contributed by atoms with Gasteiger partial charge in [-0.05, 0) is 49.5 Å². The molecule has 0 fully saturated rings. The molecule has 0 saturated heterocycles. The number of halogens is 1. The molecular weight excluding hydrogens is 437 g/mol. The third-order valence-electron chi connectivity index (χ3n) is 5.11. The molecule has 0 saturated carbocycles. The first-order valence-corrected chi connectivity index (χ1v) is 12.7. The van der Waals surface area contributed by atoms with Crippen molar-refractivity contribution in [1.82, 2.24) is 9.88 Å². The van der Waals surface area contributed by atoms with E-state index in [1.165, 1.54) is 23.5 Å². The molecule has 0 radical (unpaired) electrons. The van der Waals surface area contributed by atoms with E-state index in [1.807, 2.05) is 24.3 Å². The first-order chi connectivity index (χ1) is 14.8. The predicted octanol–water partition coefficient (Wildman–Crippen LogP) is 3.97. The Labute approximate surface area is 186 Å². The molecule has 0 aliphatic carbocycles. The molecular formula is C22H26FN3O3S2. The second-order valence-corrected chi connectivity index (χ2v) is 10.2. The Morgan fingerprint density at radius 2 is 1.71 bits per heavy atom. The maximum atomic E-state index is 13.1. The van der Waals surface area contributed by atoms with Gasteiger partial charge in [0.05, 0.1) is 20.9 Å². The van der Waals surface area contributed by atoms with Gasteiger partial charge in [0.25, 0.3) is 0 Å². The van der Waals surface area contributed by atoms with Gasteiger partial charge in [0.15, 0.2) is 15.0 Å². The van der Waals surface area contributed by atoms with Crippen molar-refractivity contribution >= 4 is 42.4 Å². The number of carbonyl (C=O) groups excluding carboxylic acids is 1. The van der Waals surface area contributed by atoms with Gasteiger partial charge in [-0.2, -0.15) is 0 Å². The van der Waals surface area contributed by atoms with Crippen LogP contribution in [0.5, 0.6) is 0 Å². The van der Waals surface area contributed by atoms with Crippen molar-refractivity contribution in [1.29, 1.82) is 0 Å². The number of fused-ring (bicyclic) bond motifs is 1. The van der Waals surface area contributed by atoms with E-state index in [1.54, 1.807) is 4.90 Å². The maximum Gasteiger partial charge on any atom is 0.229 e. The zero-order valence-electron chi connectivity index (χ0n) is 17.6. The van der Waals surface area contributed by atoms with E-state index >= 15 is 0 Å². The smallest absolute Gasteiger partial charge is 0.229 e. The molecule has 0 aliphatic heterocycles. The minimum absolute atomic E-state index is 0.0105. The van der Waals surface area contributed by atoms with Gasteiger partial charge in [0.2, 0.25) is 5.91 Å². The molecule has 9 heteroatoms. The third kappa shape index (κ3) is 5.87. The summed E-state index contributed by atoms with van der Waals surface area (Å²) in [5, 5.41) is 0.567. The average molecular weight is 464 g/mol. The lowest BCUT2D eigenvalue weighted by Gasteiger charge is -2.24. The van der Waals surface area contributed by atoms with Crippen LogP contribution in [-0.2, 0) is 14.6 Å². The lowest BCUT2D eigenvalue weighted by molar-refractivity contribution is -0.118. The zero-order chi connectivity index (χ0) is 22.4. The van der Waals surface area contributed by atoms with Crippen molar-refractivity contribution in [3.8, 4) is 0 Å². The van der Waals surface area contributed by atoms with Gasteiger partial charge < -0.3 is 4.90 Å². The maximum absolute atomic E-state index is 13.1. The SMILES string of the molecule is CCN(CC)CCN(C(=O)CCS(=O)(=O)c1ccc(F)cc1)c1nc2ccccc2s1. The van der Waals surface area contributed by atoms with Gasteiger partial charge in [0, 0.05) is 19.5 Å². The number of benzene rings is 2. The Hall–Kier alpha value is -2.36. The van der Waals surface area contributed by atoms with Crippen molar-refractivity contribution in [2.75, 3.05) is 36.8 Å². The van der Waals surface area contributed by atoms with Gasteiger partial charge in [-0.15, -0.1) is 0 Å². The molecule has 0 aliphatic rings. The van der Waals surface area contributed by atoms with Crippen LogP contribution in [0.3, 0.4) is 0 Å². The van der Waals surface area contributed by atoms with Gasteiger partial charge in [0.1, 0.15) is 5.82 Å². The van der Waals surface area contributed by atoms with Gasteiger partial charge >= 0.3 is 0 Å². The lowest BCUT2D eigenvalue weighted by atomic mass is 10.3. The van der Waals surface area contributed by atoms with Gasteiger partial charge in [-0.3, -0.25) is 9.69 Å². The Morgan fingerprint density at radius 3 is 2.35 bits per heavy atom. The largest absolute Gasteiger partial charge is 0.302 e. The minimum Gasteiger partial charge on any atom is -0.302 e. The summed E-state index contributed by atoms with van der Waals surface area (Å²) in [4.78, 5) is 21.5. The molecule has 0 unspecified atom stereocenters. The fourth-order valence-corrected chi connectivity index (χ4v) is 5.44. The van der Waals surface area contributed by atoms with E-state index in [4.69, 9.17) is 0 Å². The van der Waals surface area contributed by atoms with E-state index in [0.717, 1.165) is 35.4 Å². The molecule has 1 heterocycles. The number of thiazole rings is 1. The number of anilines is 1. The topological polar surface area (TPSA) is 70.6 Å². The van der Waals surface area contributed by atoms with Crippen LogP contribution in [0.1, 0.15) is 20.3 Å². The Kier molecular flexibility index (Phi) is 7.74. The molecule has 0 spiro atoms. The van der Waals surface area contributed by atoms with E-state index < -0.39 is 15.7 Å². The summed E-state index contributed by atoms with van der Waals surface area (Å²) in [5.41, 5.74) is 0.807. The fourth-order valence-electron chi connectivity index (χ4n) is 3.20. The average Bonchev–Trinajstić information content (AvgIpc) is 3.19. The van der Waals surface area contributed by atoms with Crippen molar-refractivity contribution in [3.63, 3.8) is 0 Å². The molecule has 3 aromatic rings. The number of rotatable bonds is 10. The fraction of sp³-hybridized carbons (Fsp3) is 0.364. The van der Waals surface area contributed by atoms with Crippen LogP contribution in [0.4, 0.5) is 9.52 Å². The van der Waals surface area contributed by atoms with Crippen LogP contribution in [0.2, 0.25) is 0 Å². The van der Waals surface area contributed by atoms with Crippen molar-refractivity contribution in [2.45, 2.75) is 25.2 Å². The molecule has 1 amide bonds. The van der Waals surface area contributed by atoms with Crippen molar-refractivity contribution in [3.05, 3.63) is 54.3 Å². The number of likely N-dealkylation sites (N-methyl/N-ethyl adjacent to an activating group) is 1. The molecule has 0 bridgehead atoms. The number of sulfone groups is 1. The molecule has 3 rings (SSSR count). The molecule has 6 nitrogen and oxygen atoms in total. The van der Waals surface area contributed by atoms with Crippen LogP contribution < -0.4 is 4.90 Å². The molecule has 1 aromatic heterocycles. The number of nitrogens with zero attached hydrogens (tertiary/aromatic N) is 3. The van der Waals surface area contributed by atoms with Crippen molar-refractivity contribution < 1.29 is 17.6 Å². The van der Waals surface area contributed by atoms with Crippen LogP contribution >= 0.6 is 11.3 Å². The first kappa shape index (κ1) is 23.3. The summed E-state index contributed by atoms with van der Waals surface area (Å²) >= 11 is 1.42. The van der Waals surface area contributed by atoms with E-state index in [-0.39, 0.29) is 23.0 Å². The summed E-state index contributed by atoms with van der Waals surface area (Å²) in [6, 6.07) is 12.3. The Bertz CT molecular complexity index is 1090. The Balaban J connectivity index is 1.78. The number of aromatic nitrogens is 1. The van der Waals surface area contributed by atoms with Crippen LogP contribution in [0, 0.1) is 5.82 Å². The lowest BCUT2D eigenvalue weighted by Crippen LogP contribution is -2.39. The highest BCUT2D eigenvalue weighted by Gasteiger charge is 2.23. The molecule has 0 atom stereocenters. The second kappa shape index (κ2) is 10.3. The standard InChI is InChI=1S/C22H26FN3O3S2/c1-3-25(4-2)14-15-26(22-24-19-7-5-6-8-20(19)30-22)21(27)13-16-31(28,29)18-11-9-17(23)10-12-18/h5-12H,3-4,13-16H2,1-2H3. The molecule has 2 aromatic carbocycles. The first-order valence-electron chi connectivity index (χ1n) is 10.2. The normalized spacial score (nSPS) is 11.9. The number of para-hydroxylation sites is 1. The van der Waals surface area contributed by atoms with Gasteiger partial charge in [-0.25, -0.2) is 17.8 Å². The number of hydrogen-bond acceptors (Lipinski definition) is 6. The van der Waals surface area contributed by atoms with Crippen LogP contribution in [-0.4, -0.2) is 56.1 Å². The second-order valence-electron chi connectivity index (χ2n) is 7.06.